The molecular weight excluding hydrogens is 462 g/mol. The summed E-state index contributed by atoms with van der Waals surface area (Å²) >= 11 is 0. The van der Waals surface area contributed by atoms with Gasteiger partial charge in [0.1, 0.15) is 6.67 Å². The molecule has 36 heavy (non-hydrogen) atoms. The number of hydrogen-bond donors (Lipinski definition) is 0. The van der Waals surface area contributed by atoms with Gasteiger partial charge in [0.05, 0.1) is 36.6 Å². The molecule has 3 aromatic heterocycles. The average molecular weight is 497 g/mol. The lowest BCUT2D eigenvalue weighted by Gasteiger charge is -2.36. The SMILES string of the molecule is CC(C)CN1CCC(F)(C(=O)Cc2cc3cc(-c4cnn5c4CN(CCF)CC5)cnc3cn2)CC1. The van der Waals surface area contributed by atoms with Gasteiger partial charge in [0.25, 0.3) is 0 Å². The van der Waals surface area contributed by atoms with Crippen molar-refractivity contribution in [2.24, 2.45) is 5.92 Å². The van der Waals surface area contributed by atoms with Gasteiger partial charge in [-0.1, -0.05) is 13.8 Å². The predicted octanol–water partition coefficient (Wildman–Crippen LogP) is 3.85. The number of Topliss-reactive ketones (excluding diaryl/α,β-unsaturated/α-hetero) is 1. The summed E-state index contributed by atoms with van der Waals surface area (Å²) in [5, 5.41) is 5.36. The highest BCUT2D eigenvalue weighted by Crippen LogP contribution is 2.31. The van der Waals surface area contributed by atoms with Gasteiger partial charge in [-0.05, 0) is 18.1 Å². The van der Waals surface area contributed by atoms with Crippen LogP contribution in [0.1, 0.15) is 38.1 Å². The van der Waals surface area contributed by atoms with Crippen LogP contribution >= 0.6 is 0 Å². The molecule has 0 aliphatic carbocycles. The van der Waals surface area contributed by atoms with Crippen molar-refractivity contribution in [3.05, 3.63) is 42.1 Å². The maximum absolute atomic E-state index is 15.5. The number of carbonyl (C=O) groups is 1. The summed E-state index contributed by atoms with van der Waals surface area (Å²) in [5.41, 5.74) is 2.41. The molecule has 0 radical (unpaired) electrons. The van der Waals surface area contributed by atoms with E-state index < -0.39 is 5.67 Å². The summed E-state index contributed by atoms with van der Waals surface area (Å²) in [6, 6.07) is 3.85. The molecule has 1 saturated heterocycles. The number of pyridine rings is 2. The van der Waals surface area contributed by atoms with Crippen LogP contribution in [0.25, 0.3) is 22.0 Å². The average Bonchev–Trinajstić information content (AvgIpc) is 3.28. The Hall–Kier alpha value is -2.78. The minimum Gasteiger partial charge on any atom is -0.303 e. The highest BCUT2D eigenvalue weighted by Gasteiger charge is 2.41. The largest absolute Gasteiger partial charge is 0.303 e. The molecule has 0 N–H and O–H groups in total. The van der Waals surface area contributed by atoms with Crippen LogP contribution in [0, 0.1) is 5.92 Å². The van der Waals surface area contributed by atoms with Gasteiger partial charge in [-0.25, -0.2) is 8.78 Å². The summed E-state index contributed by atoms with van der Waals surface area (Å²) in [7, 11) is 0. The molecule has 5 heterocycles. The van der Waals surface area contributed by atoms with Crippen LogP contribution in [-0.2, 0) is 24.3 Å². The second kappa shape index (κ2) is 10.3. The van der Waals surface area contributed by atoms with Gasteiger partial charge in [-0.2, -0.15) is 5.10 Å². The lowest BCUT2D eigenvalue weighted by molar-refractivity contribution is -0.133. The quantitative estimate of drug-likeness (QED) is 0.472. The van der Waals surface area contributed by atoms with Gasteiger partial charge >= 0.3 is 0 Å². The van der Waals surface area contributed by atoms with E-state index in [0.29, 0.717) is 43.3 Å². The standard InChI is InChI=1S/C27H34F2N6O/c1-19(2)17-33-6-3-27(29,4-7-33)26(36)13-22-12-20-11-21(14-31-24(20)16-30-22)23-15-32-35-10-9-34(8-5-28)18-25(23)35/h11-12,14-16,19H,3-10,13,17-18H2,1-2H3. The van der Waals surface area contributed by atoms with Gasteiger partial charge in [0.15, 0.2) is 11.5 Å². The summed E-state index contributed by atoms with van der Waals surface area (Å²) in [6.45, 7) is 8.64. The van der Waals surface area contributed by atoms with Gasteiger partial charge in [-0.3, -0.25) is 24.3 Å². The maximum atomic E-state index is 15.5. The molecule has 7 nitrogen and oxygen atoms in total. The van der Waals surface area contributed by atoms with Crippen molar-refractivity contribution in [1.29, 1.82) is 0 Å². The Kier molecular flexibility index (Phi) is 7.12. The zero-order chi connectivity index (χ0) is 25.3. The number of fused-ring (bicyclic) bond motifs is 2. The Morgan fingerprint density at radius 1 is 1.06 bits per heavy atom. The number of rotatable bonds is 8. The van der Waals surface area contributed by atoms with E-state index in [2.05, 4.69) is 38.7 Å². The minimum absolute atomic E-state index is 0.0256. The molecule has 0 atom stereocenters. The van der Waals surface area contributed by atoms with E-state index in [0.717, 1.165) is 41.8 Å². The number of likely N-dealkylation sites (tertiary alicyclic amines) is 1. The first-order valence-electron chi connectivity index (χ1n) is 12.9. The van der Waals surface area contributed by atoms with Crippen molar-refractivity contribution in [3.63, 3.8) is 0 Å². The molecule has 0 bridgehead atoms. The first-order valence-corrected chi connectivity index (χ1v) is 12.9. The summed E-state index contributed by atoms with van der Waals surface area (Å²) in [5.74, 6) is 0.136. The minimum atomic E-state index is -1.78. The fourth-order valence-corrected chi connectivity index (χ4v) is 5.38. The van der Waals surface area contributed by atoms with Crippen LogP contribution in [0.15, 0.2) is 30.7 Å². The first kappa shape index (κ1) is 24.9. The van der Waals surface area contributed by atoms with Crippen molar-refractivity contribution < 1.29 is 13.6 Å². The van der Waals surface area contributed by atoms with Gasteiger partial charge in [-0.15, -0.1) is 0 Å². The molecule has 2 aliphatic heterocycles. The third-order valence-corrected chi connectivity index (χ3v) is 7.40. The topological polar surface area (TPSA) is 67.2 Å². The van der Waals surface area contributed by atoms with Crippen molar-refractivity contribution in [3.8, 4) is 11.1 Å². The number of ketones is 1. The normalized spacial score (nSPS) is 18.6. The second-order valence-corrected chi connectivity index (χ2v) is 10.5. The van der Waals surface area contributed by atoms with Gasteiger partial charge in [0.2, 0.25) is 0 Å². The number of carbonyl (C=O) groups excluding carboxylic acids is 1. The molecule has 3 aromatic rings. The summed E-state index contributed by atoms with van der Waals surface area (Å²) < 4.78 is 30.4. The monoisotopic (exact) mass is 496 g/mol. The number of hydrogen-bond acceptors (Lipinski definition) is 6. The van der Waals surface area contributed by atoms with Gasteiger partial charge < -0.3 is 4.90 Å². The molecule has 0 amide bonds. The smallest absolute Gasteiger partial charge is 0.175 e. The Bertz CT molecular complexity index is 1230. The summed E-state index contributed by atoms with van der Waals surface area (Å²) in [4.78, 5) is 26.2. The van der Waals surface area contributed by atoms with Crippen molar-refractivity contribution in [2.45, 2.75) is 51.9 Å². The Labute approximate surface area is 210 Å². The number of halogens is 2. The zero-order valence-electron chi connectivity index (χ0n) is 21.1. The van der Waals surface area contributed by atoms with Crippen molar-refractivity contribution >= 4 is 16.7 Å². The maximum Gasteiger partial charge on any atom is 0.175 e. The van der Waals surface area contributed by atoms with Crippen LogP contribution < -0.4 is 0 Å². The lowest BCUT2D eigenvalue weighted by Crippen LogP contribution is -2.47. The Morgan fingerprint density at radius 2 is 1.86 bits per heavy atom. The Balaban J connectivity index is 1.33. The van der Waals surface area contributed by atoms with Crippen molar-refractivity contribution in [2.75, 3.05) is 39.4 Å². The fourth-order valence-electron chi connectivity index (χ4n) is 5.38. The molecule has 192 valence electrons. The van der Waals surface area contributed by atoms with Crippen molar-refractivity contribution in [1.82, 2.24) is 29.5 Å². The van der Waals surface area contributed by atoms with Crippen LogP contribution in [0.5, 0.6) is 0 Å². The molecule has 0 spiro atoms. The molecule has 9 heteroatoms. The molecule has 0 unspecified atom stereocenters. The van der Waals surface area contributed by atoms with E-state index in [9.17, 15) is 9.18 Å². The second-order valence-electron chi connectivity index (χ2n) is 10.5. The molecule has 2 aliphatic rings. The number of aromatic nitrogens is 4. The number of piperidine rings is 1. The third-order valence-electron chi connectivity index (χ3n) is 7.40. The van der Waals surface area contributed by atoms with E-state index in [1.165, 1.54) is 0 Å². The molecule has 1 fully saturated rings. The van der Waals surface area contributed by atoms with E-state index in [-0.39, 0.29) is 31.7 Å². The third kappa shape index (κ3) is 5.18. The fraction of sp³-hybridized carbons (Fsp3) is 0.556. The van der Waals surface area contributed by atoms with Crippen LogP contribution in [0.4, 0.5) is 8.78 Å². The lowest BCUT2D eigenvalue weighted by atomic mass is 9.86. The zero-order valence-corrected chi connectivity index (χ0v) is 21.1. The molecule has 0 saturated carbocycles. The molecular formula is C27H34F2N6O. The molecule has 5 rings (SSSR count). The highest BCUT2D eigenvalue weighted by atomic mass is 19.1. The Morgan fingerprint density at radius 3 is 2.61 bits per heavy atom. The number of nitrogens with zero attached hydrogens (tertiary/aromatic N) is 6. The molecule has 0 aromatic carbocycles. The van der Waals surface area contributed by atoms with E-state index in [1.807, 2.05) is 23.0 Å². The van der Waals surface area contributed by atoms with Crippen LogP contribution in [0.2, 0.25) is 0 Å². The predicted molar refractivity (Wildman–Crippen MR) is 135 cm³/mol. The first-order chi connectivity index (χ1) is 17.3. The highest BCUT2D eigenvalue weighted by molar-refractivity contribution is 5.90. The van der Waals surface area contributed by atoms with Gasteiger partial charge in [0, 0.05) is 80.5 Å². The number of alkyl halides is 2. The van der Waals surface area contributed by atoms with E-state index in [4.69, 9.17) is 0 Å². The summed E-state index contributed by atoms with van der Waals surface area (Å²) in [6.07, 6.45) is 5.73. The van der Waals surface area contributed by atoms with Crippen LogP contribution in [0.3, 0.4) is 0 Å². The van der Waals surface area contributed by atoms with E-state index in [1.54, 1.807) is 12.4 Å². The van der Waals surface area contributed by atoms with Crippen LogP contribution in [-0.4, -0.2) is 80.4 Å². The van der Waals surface area contributed by atoms with E-state index >= 15 is 4.39 Å².